The van der Waals surface area contributed by atoms with Crippen LogP contribution in [0.1, 0.15) is 36.4 Å². The molecule has 172 valence electrons. The van der Waals surface area contributed by atoms with Gasteiger partial charge in [-0.15, -0.1) is 0 Å². The number of hydrogen-bond acceptors (Lipinski definition) is 7. The van der Waals surface area contributed by atoms with Crippen LogP contribution < -0.4 is 9.46 Å². The Morgan fingerprint density at radius 2 is 2.00 bits per heavy atom. The number of hydrogen-bond donors (Lipinski definition) is 1. The minimum atomic E-state index is -4.21. The molecule has 0 unspecified atom stereocenters. The molecule has 0 saturated heterocycles. The summed E-state index contributed by atoms with van der Waals surface area (Å²) >= 11 is 0.856. The highest BCUT2D eigenvalue weighted by Crippen LogP contribution is 2.43. The van der Waals surface area contributed by atoms with E-state index < -0.39 is 20.7 Å². The lowest BCUT2D eigenvalue weighted by molar-refractivity contribution is 0.186. The van der Waals surface area contributed by atoms with Crippen LogP contribution in [0, 0.1) is 11.6 Å². The van der Waals surface area contributed by atoms with Crippen molar-refractivity contribution in [3.05, 3.63) is 71.6 Å². The first-order chi connectivity index (χ1) is 15.9. The van der Waals surface area contributed by atoms with Crippen molar-refractivity contribution in [2.24, 2.45) is 0 Å². The first-order valence-electron chi connectivity index (χ1n) is 10.4. The van der Waals surface area contributed by atoms with Gasteiger partial charge >= 0.3 is 0 Å². The van der Waals surface area contributed by atoms with Gasteiger partial charge in [0.15, 0.2) is 0 Å². The summed E-state index contributed by atoms with van der Waals surface area (Å²) in [4.78, 5) is 5.45. The van der Waals surface area contributed by atoms with Gasteiger partial charge in [0.05, 0.1) is 12.6 Å². The van der Waals surface area contributed by atoms with Gasteiger partial charge in [-0.2, -0.15) is 4.37 Å². The molecule has 1 atom stereocenters. The van der Waals surface area contributed by atoms with Crippen molar-refractivity contribution in [1.82, 2.24) is 14.3 Å². The van der Waals surface area contributed by atoms with Crippen molar-refractivity contribution in [3.63, 3.8) is 0 Å². The van der Waals surface area contributed by atoms with Crippen molar-refractivity contribution in [3.8, 4) is 5.75 Å². The number of nitrogens with one attached hydrogen (secondary N) is 1. The second kappa shape index (κ2) is 8.71. The topological polar surface area (TPSA) is 84.4 Å². The Morgan fingerprint density at radius 3 is 2.76 bits per heavy atom. The SMILES string of the molecule is O=S(=O)(Nc1ncns1)c1cc2c(cc1F)[C@@H](N1CCCC=C1c1ccc(F)cc1)CCO2. The molecular weight excluding hydrogens is 470 g/mol. The normalized spacial score (nSPS) is 18.3. The van der Waals surface area contributed by atoms with Crippen LogP contribution in [0.15, 0.2) is 53.7 Å². The van der Waals surface area contributed by atoms with Crippen LogP contribution in [-0.2, 0) is 10.0 Å². The summed E-state index contributed by atoms with van der Waals surface area (Å²) in [6.45, 7) is 1.10. The molecule has 5 rings (SSSR count). The largest absolute Gasteiger partial charge is 0.493 e. The molecule has 2 aliphatic rings. The average molecular weight is 491 g/mol. The number of rotatable bonds is 5. The standard InChI is InChI=1S/C22H20F2N4O3S2/c23-15-6-4-14(5-7-15)18-3-1-2-9-28(18)19-8-10-31-20-12-21(17(24)11-16(19)20)33(29,30)27-22-25-13-26-32-22/h3-7,11-13,19H,1-2,8-10H2,(H,25,26,27)/t19-/m0/s1. The molecule has 0 fully saturated rings. The molecule has 0 saturated carbocycles. The van der Waals surface area contributed by atoms with E-state index in [0.29, 0.717) is 24.3 Å². The van der Waals surface area contributed by atoms with E-state index in [4.69, 9.17) is 4.74 Å². The Kier molecular flexibility index (Phi) is 5.75. The maximum absolute atomic E-state index is 15.1. The maximum Gasteiger partial charge on any atom is 0.266 e. The summed E-state index contributed by atoms with van der Waals surface area (Å²) in [5.74, 6) is -0.851. The number of sulfonamides is 1. The molecule has 0 amide bonds. The van der Waals surface area contributed by atoms with E-state index in [9.17, 15) is 12.8 Å². The van der Waals surface area contributed by atoms with E-state index in [-0.39, 0.29) is 17.0 Å². The highest BCUT2D eigenvalue weighted by Gasteiger charge is 2.33. The van der Waals surface area contributed by atoms with Crippen molar-refractivity contribution < 1.29 is 21.9 Å². The predicted molar refractivity (Wildman–Crippen MR) is 120 cm³/mol. The minimum absolute atomic E-state index is 0.0494. The number of anilines is 1. The van der Waals surface area contributed by atoms with E-state index in [2.05, 4.69) is 25.1 Å². The second-order valence-electron chi connectivity index (χ2n) is 7.76. The second-order valence-corrected chi connectivity index (χ2v) is 10.2. The van der Waals surface area contributed by atoms with Gasteiger partial charge in [0.25, 0.3) is 10.0 Å². The Bertz CT molecular complexity index is 1300. The molecule has 3 aromatic rings. The first-order valence-corrected chi connectivity index (χ1v) is 12.7. The molecule has 11 heteroatoms. The van der Waals surface area contributed by atoms with Gasteiger partial charge in [0.2, 0.25) is 5.13 Å². The summed E-state index contributed by atoms with van der Waals surface area (Å²) in [6.07, 6.45) is 5.75. The monoisotopic (exact) mass is 490 g/mol. The molecule has 0 bridgehead atoms. The number of halogens is 2. The summed E-state index contributed by atoms with van der Waals surface area (Å²) in [7, 11) is -4.21. The lowest BCUT2D eigenvalue weighted by Crippen LogP contribution is -2.34. The number of benzene rings is 2. The van der Waals surface area contributed by atoms with E-state index in [1.54, 1.807) is 12.1 Å². The van der Waals surface area contributed by atoms with Gasteiger partial charge in [-0.25, -0.2) is 22.2 Å². The predicted octanol–water partition coefficient (Wildman–Crippen LogP) is 4.58. The third kappa shape index (κ3) is 4.30. The molecule has 0 aliphatic carbocycles. The Hall–Kier alpha value is -3.05. The molecule has 0 spiro atoms. The lowest BCUT2D eigenvalue weighted by atomic mass is 9.94. The lowest BCUT2D eigenvalue weighted by Gasteiger charge is -2.40. The van der Waals surface area contributed by atoms with Crippen molar-refractivity contribution in [1.29, 1.82) is 0 Å². The fourth-order valence-corrected chi connectivity index (χ4v) is 5.99. The van der Waals surface area contributed by atoms with Crippen molar-refractivity contribution in [2.75, 3.05) is 17.9 Å². The summed E-state index contributed by atoms with van der Waals surface area (Å²) in [6, 6.07) is 8.57. The van der Waals surface area contributed by atoms with E-state index in [1.165, 1.54) is 30.6 Å². The van der Waals surface area contributed by atoms with Gasteiger partial charge in [-0.1, -0.05) is 18.2 Å². The van der Waals surface area contributed by atoms with Crippen LogP contribution in [0.3, 0.4) is 0 Å². The first kappa shape index (κ1) is 21.8. The zero-order chi connectivity index (χ0) is 23.0. The summed E-state index contributed by atoms with van der Waals surface area (Å²) in [5.41, 5.74) is 2.42. The summed E-state index contributed by atoms with van der Waals surface area (Å²) < 4.78 is 65.8. The van der Waals surface area contributed by atoms with Crippen LogP contribution in [0.5, 0.6) is 5.75 Å². The highest BCUT2D eigenvalue weighted by atomic mass is 32.2. The molecule has 7 nitrogen and oxygen atoms in total. The number of ether oxygens (including phenoxy) is 1. The Morgan fingerprint density at radius 1 is 1.18 bits per heavy atom. The number of aromatic nitrogens is 2. The molecular formula is C22H20F2N4O3S2. The minimum Gasteiger partial charge on any atom is -0.493 e. The van der Waals surface area contributed by atoms with Gasteiger partial charge in [-0.05, 0) is 36.6 Å². The molecule has 1 N–H and O–H groups in total. The van der Waals surface area contributed by atoms with Crippen LogP contribution in [0.4, 0.5) is 13.9 Å². The fraction of sp³-hybridized carbons (Fsp3) is 0.273. The third-order valence-electron chi connectivity index (χ3n) is 5.71. The van der Waals surface area contributed by atoms with E-state index >= 15 is 4.39 Å². The van der Waals surface area contributed by atoms with Crippen LogP contribution in [0.2, 0.25) is 0 Å². The van der Waals surface area contributed by atoms with E-state index in [1.807, 2.05) is 0 Å². The zero-order valence-corrected chi connectivity index (χ0v) is 19.0. The molecule has 1 aromatic heterocycles. The Balaban J connectivity index is 1.50. The van der Waals surface area contributed by atoms with Gasteiger partial charge in [-0.3, -0.25) is 4.72 Å². The van der Waals surface area contributed by atoms with Gasteiger partial charge in [0.1, 0.15) is 28.6 Å². The molecule has 3 heterocycles. The Labute approximate surface area is 193 Å². The zero-order valence-electron chi connectivity index (χ0n) is 17.4. The number of allylic oxidation sites excluding steroid dienone is 1. The quantitative estimate of drug-likeness (QED) is 0.564. The number of nitrogens with zero attached hydrogens (tertiary/aromatic N) is 3. The van der Waals surface area contributed by atoms with Crippen molar-refractivity contribution in [2.45, 2.75) is 30.2 Å². The van der Waals surface area contributed by atoms with Gasteiger partial charge < -0.3 is 9.64 Å². The van der Waals surface area contributed by atoms with Gasteiger partial charge in [0, 0.05) is 41.8 Å². The molecule has 2 aromatic carbocycles. The fourth-order valence-electron chi connectivity index (χ4n) is 4.26. The molecule has 2 aliphatic heterocycles. The molecule has 33 heavy (non-hydrogen) atoms. The van der Waals surface area contributed by atoms with Crippen molar-refractivity contribution >= 4 is 32.4 Å². The van der Waals surface area contributed by atoms with Crippen LogP contribution in [-0.4, -0.2) is 35.8 Å². The highest BCUT2D eigenvalue weighted by molar-refractivity contribution is 7.93. The number of fused-ring (bicyclic) bond motifs is 1. The van der Waals surface area contributed by atoms with Crippen LogP contribution in [0.25, 0.3) is 5.70 Å². The average Bonchev–Trinajstić information content (AvgIpc) is 3.31. The maximum atomic E-state index is 15.1. The smallest absolute Gasteiger partial charge is 0.266 e. The third-order valence-corrected chi connectivity index (χ3v) is 7.77. The summed E-state index contributed by atoms with van der Waals surface area (Å²) in [5, 5.41) is 0.0494. The van der Waals surface area contributed by atoms with E-state index in [0.717, 1.165) is 42.2 Å². The van der Waals surface area contributed by atoms with Crippen LogP contribution >= 0.6 is 11.5 Å². The molecule has 0 radical (unpaired) electrons.